The van der Waals surface area contributed by atoms with Crippen LogP contribution in [0.1, 0.15) is 30.0 Å². The Hall–Kier alpha value is -3.72. The lowest BCUT2D eigenvalue weighted by Gasteiger charge is -2.19. The van der Waals surface area contributed by atoms with Crippen LogP contribution in [0.3, 0.4) is 0 Å². The SMILES string of the molecule is CCn1c(CO)nn(-c2nc(OC(C)C(F)(F)F)c(C(=O)Nc3c(OC)ccnc3Cl)cc2F)c1=O. The van der Waals surface area contributed by atoms with E-state index in [1.54, 1.807) is 6.92 Å². The Labute approximate surface area is 205 Å². The molecule has 0 radical (unpaired) electrons. The van der Waals surface area contributed by atoms with E-state index in [1.165, 1.54) is 19.4 Å². The minimum absolute atomic E-state index is 0.0546. The summed E-state index contributed by atoms with van der Waals surface area (Å²) in [6.45, 7) is 1.58. The van der Waals surface area contributed by atoms with E-state index in [4.69, 9.17) is 21.1 Å². The number of halogens is 5. The van der Waals surface area contributed by atoms with Crippen LogP contribution in [0.5, 0.6) is 11.6 Å². The quantitative estimate of drug-likeness (QED) is 0.333. The number of rotatable bonds is 8. The highest BCUT2D eigenvalue weighted by atomic mass is 35.5. The first-order valence-corrected chi connectivity index (χ1v) is 10.5. The van der Waals surface area contributed by atoms with Crippen LogP contribution in [0.25, 0.3) is 5.82 Å². The van der Waals surface area contributed by atoms with Gasteiger partial charge in [0, 0.05) is 18.8 Å². The standard InChI is InChI=1S/C20H19ClF4N6O5/c1-4-30-13(8-32)29-31(19(30)34)16-11(22)7-10(18(28-16)36-9(2)20(23,24)25)17(33)27-14-12(35-3)5-6-26-15(14)21/h5-7,9,32H,4,8H2,1-3H3,(H,27,33). The zero-order valence-corrected chi connectivity index (χ0v) is 19.7. The lowest BCUT2D eigenvalue weighted by molar-refractivity contribution is -0.190. The van der Waals surface area contributed by atoms with Gasteiger partial charge in [0.1, 0.15) is 23.6 Å². The number of anilines is 1. The van der Waals surface area contributed by atoms with Crippen LogP contribution in [-0.4, -0.2) is 54.7 Å². The number of alkyl halides is 3. The fraction of sp³-hybridized carbons (Fsp3) is 0.350. The average molecular weight is 535 g/mol. The number of hydrogen-bond donors (Lipinski definition) is 2. The van der Waals surface area contributed by atoms with E-state index >= 15 is 4.39 Å². The molecule has 3 aromatic heterocycles. The fourth-order valence-corrected chi connectivity index (χ4v) is 3.19. The zero-order chi connectivity index (χ0) is 26.8. The first-order chi connectivity index (χ1) is 16.9. The van der Waals surface area contributed by atoms with Gasteiger partial charge in [0.05, 0.1) is 7.11 Å². The molecule has 16 heteroatoms. The van der Waals surface area contributed by atoms with E-state index < -0.39 is 53.6 Å². The second-order valence-electron chi connectivity index (χ2n) is 7.09. The molecule has 3 aromatic rings. The monoisotopic (exact) mass is 534 g/mol. The highest BCUT2D eigenvalue weighted by molar-refractivity contribution is 6.33. The normalized spacial score (nSPS) is 12.4. The van der Waals surface area contributed by atoms with E-state index in [-0.39, 0.29) is 29.0 Å². The molecular formula is C20H19ClF4N6O5. The number of carbonyl (C=O) groups excluding carboxylic acids is 1. The second-order valence-corrected chi connectivity index (χ2v) is 7.45. The predicted octanol–water partition coefficient (Wildman–Crippen LogP) is 2.72. The number of ether oxygens (including phenoxy) is 2. The summed E-state index contributed by atoms with van der Waals surface area (Å²) in [4.78, 5) is 33.0. The minimum atomic E-state index is -4.87. The van der Waals surface area contributed by atoms with Crippen molar-refractivity contribution in [1.82, 2.24) is 24.3 Å². The Morgan fingerprint density at radius 1 is 1.36 bits per heavy atom. The van der Waals surface area contributed by atoms with Gasteiger partial charge in [0.2, 0.25) is 5.88 Å². The number of hydrogen-bond acceptors (Lipinski definition) is 8. The lowest BCUT2D eigenvalue weighted by atomic mass is 10.2. The van der Waals surface area contributed by atoms with Crippen molar-refractivity contribution in [3.05, 3.63) is 51.2 Å². The molecule has 0 aliphatic carbocycles. The van der Waals surface area contributed by atoms with Crippen molar-refractivity contribution in [3.8, 4) is 17.4 Å². The molecule has 0 fully saturated rings. The van der Waals surface area contributed by atoms with Gasteiger partial charge in [-0.05, 0) is 19.9 Å². The summed E-state index contributed by atoms with van der Waals surface area (Å²) in [7, 11) is 1.27. The Balaban J connectivity index is 2.16. The largest absolute Gasteiger partial charge is 0.494 e. The molecule has 0 saturated heterocycles. The zero-order valence-electron chi connectivity index (χ0n) is 18.9. The van der Waals surface area contributed by atoms with Crippen molar-refractivity contribution in [2.45, 2.75) is 39.3 Å². The maximum atomic E-state index is 15.1. The molecule has 0 aliphatic rings. The van der Waals surface area contributed by atoms with Gasteiger partial charge in [-0.1, -0.05) is 11.6 Å². The van der Waals surface area contributed by atoms with Gasteiger partial charge in [-0.3, -0.25) is 9.36 Å². The molecule has 0 bridgehead atoms. The van der Waals surface area contributed by atoms with Gasteiger partial charge in [-0.25, -0.2) is 14.2 Å². The number of carbonyl (C=O) groups is 1. The molecule has 3 heterocycles. The highest BCUT2D eigenvalue weighted by Gasteiger charge is 2.39. The van der Waals surface area contributed by atoms with Crippen molar-refractivity contribution in [3.63, 3.8) is 0 Å². The summed E-state index contributed by atoms with van der Waals surface area (Å²) in [5, 5.41) is 15.2. The first-order valence-electron chi connectivity index (χ1n) is 10.2. The van der Waals surface area contributed by atoms with Gasteiger partial charge < -0.3 is 19.9 Å². The number of nitrogens with zero attached hydrogens (tertiary/aromatic N) is 5. The van der Waals surface area contributed by atoms with Crippen LogP contribution in [0, 0.1) is 5.82 Å². The molecule has 0 aliphatic heterocycles. The van der Waals surface area contributed by atoms with E-state index in [9.17, 15) is 27.9 Å². The summed E-state index contributed by atoms with van der Waals surface area (Å²) >= 11 is 5.98. The van der Waals surface area contributed by atoms with Gasteiger partial charge >= 0.3 is 11.9 Å². The van der Waals surface area contributed by atoms with Gasteiger partial charge in [-0.2, -0.15) is 22.8 Å². The number of methoxy groups -OCH3 is 1. The van der Waals surface area contributed by atoms with Gasteiger partial charge in [-0.15, -0.1) is 5.10 Å². The Morgan fingerprint density at radius 3 is 2.61 bits per heavy atom. The third-order valence-corrected chi connectivity index (χ3v) is 5.13. The van der Waals surface area contributed by atoms with Crippen LogP contribution < -0.4 is 20.5 Å². The van der Waals surface area contributed by atoms with Crippen LogP contribution in [-0.2, 0) is 13.2 Å². The van der Waals surface area contributed by atoms with E-state index in [1.807, 2.05) is 0 Å². The maximum Gasteiger partial charge on any atom is 0.425 e. The Bertz CT molecular complexity index is 1340. The van der Waals surface area contributed by atoms with E-state index in [0.29, 0.717) is 17.7 Å². The molecule has 1 unspecified atom stereocenters. The van der Waals surface area contributed by atoms with Crippen LogP contribution in [0.2, 0.25) is 5.15 Å². The second kappa shape index (κ2) is 10.5. The highest BCUT2D eigenvalue weighted by Crippen LogP contribution is 2.32. The summed E-state index contributed by atoms with van der Waals surface area (Å²) in [6, 6.07) is 1.88. The van der Waals surface area contributed by atoms with Crippen molar-refractivity contribution in [1.29, 1.82) is 0 Å². The molecule has 0 saturated carbocycles. The number of aromatic nitrogens is 5. The number of nitrogens with one attached hydrogen (secondary N) is 1. The predicted molar refractivity (Wildman–Crippen MR) is 117 cm³/mol. The number of aliphatic hydroxyl groups is 1. The third-order valence-electron chi connectivity index (χ3n) is 4.84. The molecule has 36 heavy (non-hydrogen) atoms. The average Bonchev–Trinajstić information content (AvgIpc) is 3.15. The lowest BCUT2D eigenvalue weighted by Crippen LogP contribution is -2.33. The van der Waals surface area contributed by atoms with Crippen molar-refractivity contribution in [2.24, 2.45) is 0 Å². The number of amides is 1. The summed E-state index contributed by atoms with van der Waals surface area (Å²) in [5.41, 5.74) is -1.82. The van der Waals surface area contributed by atoms with Crippen molar-refractivity contribution >= 4 is 23.2 Å². The Morgan fingerprint density at radius 2 is 2.06 bits per heavy atom. The number of aliphatic hydroxyl groups excluding tert-OH is 1. The minimum Gasteiger partial charge on any atom is -0.494 e. The molecule has 3 rings (SSSR count). The van der Waals surface area contributed by atoms with Gasteiger partial charge in [0.15, 0.2) is 28.7 Å². The molecule has 1 atom stereocenters. The van der Waals surface area contributed by atoms with Gasteiger partial charge in [0.25, 0.3) is 5.91 Å². The van der Waals surface area contributed by atoms with Crippen molar-refractivity contribution in [2.75, 3.05) is 12.4 Å². The molecule has 1 amide bonds. The molecular weight excluding hydrogens is 516 g/mol. The Kier molecular flexibility index (Phi) is 7.83. The molecule has 0 aromatic carbocycles. The topological polar surface area (TPSA) is 133 Å². The molecule has 2 N–H and O–H groups in total. The molecule has 194 valence electrons. The maximum absolute atomic E-state index is 15.1. The van der Waals surface area contributed by atoms with E-state index in [0.717, 1.165) is 4.57 Å². The summed E-state index contributed by atoms with van der Waals surface area (Å²) in [6.07, 6.45) is -6.06. The van der Waals surface area contributed by atoms with Crippen LogP contribution in [0.15, 0.2) is 23.1 Å². The molecule has 0 spiro atoms. The third kappa shape index (κ3) is 5.26. The van der Waals surface area contributed by atoms with Crippen LogP contribution in [0.4, 0.5) is 23.2 Å². The summed E-state index contributed by atoms with van der Waals surface area (Å²) in [5.74, 6) is -4.32. The number of pyridine rings is 2. The van der Waals surface area contributed by atoms with Crippen LogP contribution >= 0.6 is 11.6 Å². The fourth-order valence-electron chi connectivity index (χ4n) is 2.99. The van der Waals surface area contributed by atoms with E-state index in [2.05, 4.69) is 20.4 Å². The summed E-state index contributed by atoms with van der Waals surface area (Å²) < 4.78 is 66.1. The first kappa shape index (κ1) is 26.9. The van der Waals surface area contributed by atoms with Crippen molar-refractivity contribution < 1.29 is 36.9 Å². The molecule has 11 nitrogen and oxygen atoms in total. The smallest absolute Gasteiger partial charge is 0.425 e.